The van der Waals surface area contributed by atoms with Gasteiger partial charge in [0.15, 0.2) is 0 Å². The molecule has 0 unspecified atom stereocenters. The second-order valence-corrected chi connectivity index (χ2v) is 7.69. The number of rotatable bonds is 1. The fourth-order valence-electron chi connectivity index (χ4n) is 3.22. The average Bonchev–Trinajstić information content (AvgIpc) is 3.06. The van der Waals surface area contributed by atoms with Crippen LogP contribution in [0.5, 0.6) is 0 Å². The Bertz CT molecular complexity index is 935. The number of nitrogens with two attached hydrogens (primary N) is 1. The van der Waals surface area contributed by atoms with Crippen LogP contribution in [0.15, 0.2) is 12.1 Å². The molecule has 0 aliphatic carbocycles. The highest BCUT2D eigenvalue weighted by Gasteiger charge is 2.40. The molecule has 0 saturated heterocycles. The second-order valence-electron chi connectivity index (χ2n) is 6.91. The summed E-state index contributed by atoms with van der Waals surface area (Å²) < 4.78 is 45.5. The summed E-state index contributed by atoms with van der Waals surface area (Å²) in [5, 5.41) is 5.10. The Morgan fingerprint density at radius 2 is 2.00 bits per heavy atom. The summed E-state index contributed by atoms with van der Waals surface area (Å²) in [7, 11) is 1.16. The van der Waals surface area contributed by atoms with Gasteiger partial charge in [0.25, 0.3) is 0 Å². The van der Waals surface area contributed by atoms with Gasteiger partial charge < -0.3 is 20.8 Å². The van der Waals surface area contributed by atoms with E-state index in [1.165, 1.54) is 12.1 Å². The number of hydrogen-bond acceptors (Lipinski definition) is 5. The smallest absolute Gasteiger partial charge is 0.411 e. The lowest BCUT2D eigenvalue weighted by Crippen LogP contribution is -2.36. The number of carbonyl (C=O) groups excluding carboxylic acids is 1. The van der Waals surface area contributed by atoms with E-state index >= 15 is 0 Å². The number of aromatic amines is 1. The largest absolute Gasteiger partial charge is 0.453 e. The number of benzene rings is 1. The first-order valence-electron chi connectivity index (χ1n) is 9.13. The first-order chi connectivity index (χ1) is 14.1. The van der Waals surface area contributed by atoms with E-state index in [9.17, 15) is 18.0 Å². The zero-order chi connectivity index (χ0) is 22.1. The molecule has 5 N–H and O–H groups in total. The van der Waals surface area contributed by atoms with E-state index in [2.05, 4.69) is 25.3 Å². The predicted molar refractivity (Wildman–Crippen MR) is 109 cm³/mol. The van der Waals surface area contributed by atoms with Crippen molar-refractivity contribution in [3.63, 3.8) is 0 Å². The Morgan fingerprint density at radius 3 is 2.67 bits per heavy atom. The standard InChI is InChI=1S/C18H20Cl2F3N5O2/c1-30-17(29)26-12-7-11-8(6-9(12)19)14-15(20)28-16(27-14)10(24)4-2-3-5-13(25-11)18(21,22)23/h6-7,10,13,25H,2-5,24H2,1H3,(H,26,29)(H,27,28)/t10-,13-/m0/s1. The summed E-state index contributed by atoms with van der Waals surface area (Å²) in [6.07, 6.45) is -4.20. The van der Waals surface area contributed by atoms with Crippen LogP contribution in [0.1, 0.15) is 37.5 Å². The van der Waals surface area contributed by atoms with E-state index in [4.69, 9.17) is 28.9 Å². The Hall–Kier alpha value is -2.17. The molecular formula is C18H20Cl2F3N5O2. The number of imidazole rings is 1. The highest BCUT2D eigenvalue weighted by atomic mass is 35.5. The van der Waals surface area contributed by atoms with Crippen molar-refractivity contribution in [1.29, 1.82) is 0 Å². The molecule has 7 nitrogen and oxygen atoms in total. The average molecular weight is 466 g/mol. The minimum Gasteiger partial charge on any atom is -0.453 e. The number of ether oxygens (including phenoxy) is 1. The molecule has 0 radical (unpaired) electrons. The lowest BCUT2D eigenvalue weighted by molar-refractivity contribution is -0.144. The lowest BCUT2D eigenvalue weighted by Gasteiger charge is -2.25. The van der Waals surface area contributed by atoms with Crippen molar-refractivity contribution in [2.45, 2.75) is 43.9 Å². The molecule has 12 heteroatoms. The maximum Gasteiger partial charge on any atom is 0.411 e. The van der Waals surface area contributed by atoms with Crippen molar-refractivity contribution in [2.24, 2.45) is 5.73 Å². The molecule has 0 spiro atoms. The summed E-state index contributed by atoms with van der Waals surface area (Å²) in [6.45, 7) is 0. The van der Waals surface area contributed by atoms with Gasteiger partial charge in [0.05, 0.1) is 23.9 Å². The van der Waals surface area contributed by atoms with Crippen LogP contribution in [0, 0.1) is 0 Å². The van der Waals surface area contributed by atoms with Crippen LogP contribution in [0.25, 0.3) is 11.3 Å². The van der Waals surface area contributed by atoms with E-state index in [1.807, 2.05) is 0 Å². The third kappa shape index (κ3) is 4.93. The van der Waals surface area contributed by atoms with Crippen LogP contribution in [0.4, 0.5) is 29.3 Å². The molecule has 2 atom stereocenters. The molecule has 2 heterocycles. The van der Waals surface area contributed by atoms with E-state index in [-0.39, 0.29) is 39.2 Å². The quantitative estimate of drug-likeness (QED) is 0.446. The maximum atomic E-state index is 13.7. The molecule has 2 bridgehead atoms. The molecule has 2 aromatic rings. The van der Waals surface area contributed by atoms with Gasteiger partial charge in [-0.25, -0.2) is 9.78 Å². The van der Waals surface area contributed by atoms with Crippen LogP contribution < -0.4 is 16.4 Å². The zero-order valence-electron chi connectivity index (χ0n) is 15.9. The molecule has 1 aromatic carbocycles. The van der Waals surface area contributed by atoms with Crippen molar-refractivity contribution in [3.05, 3.63) is 28.1 Å². The summed E-state index contributed by atoms with van der Waals surface area (Å²) in [4.78, 5) is 18.9. The van der Waals surface area contributed by atoms with Crippen molar-refractivity contribution >= 4 is 40.7 Å². The van der Waals surface area contributed by atoms with Crippen LogP contribution in [0.3, 0.4) is 0 Å². The van der Waals surface area contributed by atoms with Crippen molar-refractivity contribution < 1.29 is 22.7 Å². The number of H-pyrrole nitrogens is 1. The van der Waals surface area contributed by atoms with Gasteiger partial charge in [0, 0.05) is 11.3 Å². The van der Waals surface area contributed by atoms with E-state index in [0.717, 1.165) is 7.11 Å². The number of carbonyl (C=O) groups is 1. The third-order valence-corrected chi connectivity index (χ3v) is 5.38. The molecule has 0 fully saturated rings. The van der Waals surface area contributed by atoms with Gasteiger partial charge in [-0.3, -0.25) is 5.32 Å². The van der Waals surface area contributed by atoms with Gasteiger partial charge in [-0.2, -0.15) is 13.2 Å². The summed E-state index contributed by atoms with van der Waals surface area (Å²) in [5.74, 6) is 0.432. The van der Waals surface area contributed by atoms with Crippen LogP contribution in [-0.4, -0.2) is 35.4 Å². The first-order valence-corrected chi connectivity index (χ1v) is 9.89. The van der Waals surface area contributed by atoms with Crippen LogP contribution in [0.2, 0.25) is 10.2 Å². The first kappa shape index (κ1) is 22.5. The SMILES string of the molecule is COC(=O)Nc1cc2c(cc1Cl)-c1nc([nH]c1Cl)[C@@H](N)CCCC[C@@H](C(F)(F)F)N2. The van der Waals surface area contributed by atoms with Gasteiger partial charge in [0.2, 0.25) is 0 Å². The predicted octanol–water partition coefficient (Wildman–Crippen LogP) is 5.48. The number of nitrogens with zero attached hydrogens (tertiary/aromatic N) is 1. The van der Waals surface area contributed by atoms with Crippen LogP contribution in [-0.2, 0) is 4.74 Å². The van der Waals surface area contributed by atoms with E-state index in [1.54, 1.807) is 0 Å². The number of methoxy groups -OCH3 is 1. The molecule has 3 rings (SSSR count). The molecule has 1 aromatic heterocycles. The van der Waals surface area contributed by atoms with Crippen molar-refractivity contribution in [2.75, 3.05) is 17.7 Å². The van der Waals surface area contributed by atoms with Gasteiger partial charge in [-0.15, -0.1) is 0 Å². The number of hydrogen-bond donors (Lipinski definition) is 4. The number of anilines is 2. The summed E-state index contributed by atoms with van der Waals surface area (Å²) in [6, 6.07) is 0.360. The minimum absolute atomic E-state index is 0.0576. The van der Waals surface area contributed by atoms with E-state index in [0.29, 0.717) is 25.1 Å². The molecule has 164 valence electrons. The molecule has 1 amide bonds. The van der Waals surface area contributed by atoms with E-state index < -0.39 is 24.4 Å². The number of alkyl halides is 3. The van der Waals surface area contributed by atoms with Crippen LogP contribution >= 0.6 is 23.2 Å². The Labute approximate surface area is 180 Å². The number of fused-ring (bicyclic) bond motifs is 4. The number of aromatic nitrogens is 2. The Balaban J connectivity index is 2.16. The highest BCUT2D eigenvalue weighted by molar-refractivity contribution is 6.35. The normalized spacial score (nSPS) is 19.7. The molecule has 1 aliphatic heterocycles. The lowest BCUT2D eigenvalue weighted by atomic mass is 10.0. The fourth-order valence-corrected chi connectivity index (χ4v) is 3.68. The van der Waals surface area contributed by atoms with Gasteiger partial charge >= 0.3 is 12.3 Å². The van der Waals surface area contributed by atoms with Gasteiger partial charge in [0.1, 0.15) is 22.7 Å². The van der Waals surface area contributed by atoms with Gasteiger partial charge in [-0.05, 0) is 25.0 Å². The van der Waals surface area contributed by atoms with Gasteiger partial charge in [-0.1, -0.05) is 36.0 Å². The number of nitrogens with one attached hydrogen (secondary N) is 3. The molecular weight excluding hydrogens is 446 g/mol. The molecule has 0 saturated carbocycles. The Kier molecular flexibility index (Phi) is 6.68. The third-order valence-electron chi connectivity index (χ3n) is 4.80. The topological polar surface area (TPSA) is 105 Å². The zero-order valence-corrected chi connectivity index (χ0v) is 17.4. The Morgan fingerprint density at radius 1 is 1.30 bits per heavy atom. The minimum atomic E-state index is -4.50. The van der Waals surface area contributed by atoms with Crippen molar-refractivity contribution in [3.8, 4) is 11.3 Å². The highest BCUT2D eigenvalue weighted by Crippen LogP contribution is 2.41. The summed E-state index contributed by atoms with van der Waals surface area (Å²) in [5.41, 5.74) is 6.70. The summed E-state index contributed by atoms with van der Waals surface area (Å²) >= 11 is 12.5. The second kappa shape index (κ2) is 8.91. The van der Waals surface area contributed by atoms with Crippen molar-refractivity contribution in [1.82, 2.24) is 9.97 Å². The number of halogens is 5. The molecule has 1 aliphatic rings. The number of amides is 1. The monoisotopic (exact) mass is 465 g/mol. The maximum absolute atomic E-state index is 13.7. The molecule has 30 heavy (non-hydrogen) atoms. The fraction of sp³-hybridized carbons (Fsp3) is 0.444.